The number of phosphoric ester groups is 1. The maximum absolute atomic E-state index is 11.1. The van der Waals surface area contributed by atoms with Gasteiger partial charge in [0.15, 0.2) is 18.9 Å². The minimum absolute atomic E-state index is 0.794. The zero-order valence-corrected chi connectivity index (χ0v) is 20.3. The summed E-state index contributed by atoms with van der Waals surface area (Å²) in [6, 6.07) is 0. The summed E-state index contributed by atoms with van der Waals surface area (Å²) in [5.41, 5.74) is 0. The van der Waals surface area contributed by atoms with Crippen LogP contribution >= 0.6 is 7.82 Å². The molecule has 0 aliphatic carbocycles. The Morgan fingerprint density at radius 1 is 0.579 bits per heavy atom. The standard InChI is InChI=1S/C18H33O19P/c19-1-4-8(22)11(25)14(16(28)33-4)36-18-15(12(26)9(23)6(35-18)3-32-38(29,30)31)37-17-13(27)10(24)7(21)5(2-20)34-17/h4-28H,1-3H2,(H2,29,30,31)/t4-,5-,6-,7-,8-,9-,10+,11+,12+,13+,14+,15+,16?,17-,18-/m1/s1. The van der Waals surface area contributed by atoms with Gasteiger partial charge < -0.3 is 84.5 Å². The van der Waals surface area contributed by atoms with Gasteiger partial charge in [-0.2, -0.15) is 0 Å². The first-order valence-corrected chi connectivity index (χ1v) is 12.9. The molecule has 224 valence electrons. The Kier molecular flexibility index (Phi) is 11.0. The number of aliphatic hydroxyl groups excluding tert-OH is 10. The quantitative estimate of drug-likeness (QED) is 0.112. The van der Waals surface area contributed by atoms with E-state index in [1.165, 1.54) is 0 Å². The Bertz CT molecular complexity index is 798. The van der Waals surface area contributed by atoms with E-state index in [0.717, 1.165) is 0 Å². The molecule has 3 saturated heterocycles. The van der Waals surface area contributed by atoms with Crippen LogP contribution in [0.3, 0.4) is 0 Å². The van der Waals surface area contributed by atoms with Gasteiger partial charge in [-0.25, -0.2) is 4.57 Å². The fourth-order valence-electron chi connectivity index (χ4n) is 4.18. The third-order valence-electron chi connectivity index (χ3n) is 6.33. The summed E-state index contributed by atoms with van der Waals surface area (Å²) in [6.45, 7) is -2.63. The third-order valence-corrected chi connectivity index (χ3v) is 6.81. The number of ether oxygens (including phenoxy) is 5. The van der Waals surface area contributed by atoms with E-state index < -0.39 is 120 Å². The summed E-state index contributed by atoms with van der Waals surface area (Å²) in [7, 11) is -5.08. The molecule has 38 heavy (non-hydrogen) atoms. The van der Waals surface area contributed by atoms with Crippen LogP contribution in [0.4, 0.5) is 0 Å². The highest BCUT2D eigenvalue weighted by molar-refractivity contribution is 7.46. The van der Waals surface area contributed by atoms with Crippen molar-refractivity contribution in [1.29, 1.82) is 0 Å². The van der Waals surface area contributed by atoms with Gasteiger partial charge in [-0.15, -0.1) is 0 Å². The molecule has 3 aliphatic rings. The summed E-state index contributed by atoms with van der Waals surface area (Å²) in [6.07, 6.45) is -27.6. The van der Waals surface area contributed by atoms with E-state index in [1.807, 2.05) is 0 Å². The molecule has 3 heterocycles. The molecular formula is C18H33O19P. The van der Waals surface area contributed by atoms with E-state index in [4.69, 9.17) is 33.5 Å². The van der Waals surface area contributed by atoms with Crippen LogP contribution in [0.1, 0.15) is 0 Å². The van der Waals surface area contributed by atoms with Crippen LogP contribution in [-0.2, 0) is 32.8 Å². The lowest BCUT2D eigenvalue weighted by molar-refractivity contribution is -0.390. The van der Waals surface area contributed by atoms with Crippen LogP contribution in [0.5, 0.6) is 0 Å². The Balaban J connectivity index is 1.86. The van der Waals surface area contributed by atoms with Crippen LogP contribution in [0, 0.1) is 0 Å². The fourth-order valence-corrected chi connectivity index (χ4v) is 4.52. The van der Waals surface area contributed by atoms with Gasteiger partial charge in [0.1, 0.15) is 73.2 Å². The molecule has 0 amide bonds. The predicted molar refractivity (Wildman–Crippen MR) is 112 cm³/mol. The second kappa shape index (κ2) is 13.0. The number of hydrogen-bond acceptors (Lipinski definition) is 17. The molecule has 3 aliphatic heterocycles. The highest BCUT2D eigenvalue weighted by atomic mass is 31.2. The van der Waals surface area contributed by atoms with Gasteiger partial charge in [0, 0.05) is 0 Å². The molecular weight excluding hydrogens is 551 g/mol. The summed E-state index contributed by atoms with van der Waals surface area (Å²) < 4.78 is 41.9. The molecule has 0 aromatic heterocycles. The first-order valence-electron chi connectivity index (χ1n) is 11.3. The van der Waals surface area contributed by atoms with Crippen molar-refractivity contribution in [2.24, 2.45) is 0 Å². The molecule has 19 nitrogen and oxygen atoms in total. The van der Waals surface area contributed by atoms with E-state index in [-0.39, 0.29) is 0 Å². The van der Waals surface area contributed by atoms with Crippen LogP contribution in [0.2, 0.25) is 0 Å². The van der Waals surface area contributed by atoms with Crippen LogP contribution < -0.4 is 0 Å². The first kappa shape index (κ1) is 32.0. The summed E-state index contributed by atoms with van der Waals surface area (Å²) in [4.78, 5) is 17.9. The second-order valence-electron chi connectivity index (χ2n) is 8.94. The van der Waals surface area contributed by atoms with Crippen LogP contribution in [0.25, 0.3) is 0 Å². The Labute approximate surface area is 214 Å². The Morgan fingerprint density at radius 2 is 1.05 bits per heavy atom. The van der Waals surface area contributed by atoms with E-state index in [1.54, 1.807) is 0 Å². The molecule has 0 saturated carbocycles. The molecule has 0 bridgehead atoms. The normalized spacial score (nSPS) is 48.7. The highest BCUT2D eigenvalue weighted by Crippen LogP contribution is 2.38. The molecule has 20 heteroatoms. The molecule has 0 spiro atoms. The van der Waals surface area contributed by atoms with Gasteiger partial charge in [-0.3, -0.25) is 4.52 Å². The zero-order valence-electron chi connectivity index (χ0n) is 19.5. The van der Waals surface area contributed by atoms with Crippen molar-refractivity contribution >= 4 is 7.82 Å². The average Bonchev–Trinajstić information content (AvgIpc) is 2.86. The van der Waals surface area contributed by atoms with Crippen molar-refractivity contribution in [3.63, 3.8) is 0 Å². The molecule has 0 radical (unpaired) electrons. The van der Waals surface area contributed by atoms with Gasteiger partial charge in [0.25, 0.3) is 0 Å². The molecule has 12 N–H and O–H groups in total. The highest BCUT2D eigenvalue weighted by Gasteiger charge is 2.54. The number of hydrogen-bond donors (Lipinski definition) is 12. The van der Waals surface area contributed by atoms with Crippen molar-refractivity contribution in [2.75, 3.05) is 19.8 Å². The fraction of sp³-hybridized carbons (Fsp3) is 1.00. The van der Waals surface area contributed by atoms with Crippen LogP contribution in [0.15, 0.2) is 0 Å². The third kappa shape index (κ3) is 7.04. The molecule has 15 atom stereocenters. The number of rotatable bonds is 9. The average molecular weight is 584 g/mol. The smallest absolute Gasteiger partial charge is 0.394 e. The molecule has 3 fully saturated rings. The lowest BCUT2D eigenvalue weighted by Gasteiger charge is -2.48. The lowest BCUT2D eigenvalue weighted by Crippen LogP contribution is -2.66. The number of aliphatic hydroxyl groups is 10. The summed E-state index contributed by atoms with van der Waals surface area (Å²) in [5.74, 6) is 0. The Morgan fingerprint density at radius 3 is 1.63 bits per heavy atom. The van der Waals surface area contributed by atoms with Crippen molar-refractivity contribution in [1.82, 2.24) is 0 Å². The molecule has 3 rings (SSSR count). The summed E-state index contributed by atoms with van der Waals surface area (Å²) in [5, 5.41) is 101. The van der Waals surface area contributed by atoms with Gasteiger partial charge in [-0.1, -0.05) is 0 Å². The monoisotopic (exact) mass is 584 g/mol. The van der Waals surface area contributed by atoms with Gasteiger partial charge in [0.05, 0.1) is 19.8 Å². The second-order valence-corrected chi connectivity index (χ2v) is 10.2. The Hall–Kier alpha value is -0.490. The van der Waals surface area contributed by atoms with Crippen molar-refractivity contribution in [3.8, 4) is 0 Å². The van der Waals surface area contributed by atoms with Crippen molar-refractivity contribution in [3.05, 3.63) is 0 Å². The number of phosphoric acid groups is 1. The van der Waals surface area contributed by atoms with E-state index in [0.29, 0.717) is 0 Å². The zero-order chi connectivity index (χ0) is 28.5. The van der Waals surface area contributed by atoms with E-state index in [9.17, 15) is 55.6 Å². The minimum atomic E-state index is -5.08. The topological polar surface area (TPSA) is 315 Å². The summed E-state index contributed by atoms with van der Waals surface area (Å²) >= 11 is 0. The lowest BCUT2D eigenvalue weighted by atomic mass is 9.96. The van der Waals surface area contributed by atoms with Gasteiger partial charge in [-0.05, 0) is 0 Å². The first-order chi connectivity index (χ1) is 17.7. The van der Waals surface area contributed by atoms with Crippen LogP contribution in [-0.4, -0.2) is 173 Å². The largest absolute Gasteiger partial charge is 0.469 e. The van der Waals surface area contributed by atoms with Crippen molar-refractivity contribution in [2.45, 2.75) is 92.1 Å². The van der Waals surface area contributed by atoms with Gasteiger partial charge in [0.2, 0.25) is 0 Å². The predicted octanol–water partition coefficient (Wildman–Crippen LogP) is -7.46. The molecule has 0 aromatic carbocycles. The van der Waals surface area contributed by atoms with Crippen molar-refractivity contribution < 1.29 is 93.6 Å². The SMILES string of the molecule is O=P(O)(O)OC[C@H]1O[C@H](O[C@@H]2C(O)O[C@H](CO)[C@@H](O)[C@@H]2O)[C@@H](O[C@H]2O[C@H](CO)[C@@H](O)[C@H](O)[C@@H]2O)[C@@H](O)[C@@H]1O. The maximum Gasteiger partial charge on any atom is 0.469 e. The molecule has 0 aromatic rings. The van der Waals surface area contributed by atoms with Gasteiger partial charge >= 0.3 is 7.82 Å². The maximum atomic E-state index is 11.1. The van der Waals surface area contributed by atoms with E-state index >= 15 is 0 Å². The van der Waals surface area contributed by atoms with E-state index in [2.05, 4.69) is 4.52 Å². The molecule has 1 unspecified atom stereocenters. The minimum Gasteiger partial charge on any atom is -0.394 e.